The molecule has 0 amide bonds. The molecule has 0 saturated carbocycles. The Hall–Kier alpha value is -0.300. The number of benzene rings is 1. The second-order valence-electron chi connectivity index (χ2n) is 9.08. The molecule has 2 aliphatic heterocycles. The van der Waals surface area contributed by atoms with Crippen LogP contribution in [0.2, 0.25) is 0 Å². The summed E-state index contributed by atoms with van der Waals surface area (Å²) in [7, 11) is -3.65. The highest BCUT2D eigenvalue weighted by atomic mass is 35.6. The van der Waals surface area contributed by atoms with Crippen LogP contribution in [0.4, 0.5) is 0 Å². The molecular weight excluding hydrogens is 465 g/mol. The van der Waals surface area contributed by atoms with Crippen LogP contribution in [0.3, 0.4) is 0 Å². The third-order valence-corrected chi connectivity index (χ3v) is 8.87. The number of sulfonamides is 1. The molecule has 3 atom stereocenters. The summed E-state index contributed by atoms with van der Waals surface area (Å²) >= 11 is 18.8. The predicted octanol–water partition coefficient (Wildman–Crippen LogP) is 5.90. The molecule has 1 aromatic carbocycles. The Morgan fingerprint density at radius 3 is 2.33 bits per heavy atom. The van der Waals surface area contributed by atoms with E-state index >= 15 is 0 Å². The molecule has 0 N–H and O–H groups in total. The van der Waals surface area contributed by atoms with Crippen LogP contribution in [-0.4, -0.2) is 41.3 Å². The third-order valence-electron chi connectivity index (χ3n) is 6.31. The molecule has 0 aliphatic carbocycles. The third kappa shape index (κ3) is 4.57. The first-order valence-electron chi connectivity index (χ1n) is 10.3. The molecule has 2 heterocycles. The minimum Gasteiger partial charge on any atom is -0.361 e. The van der Waals surface area contributed by atoms with Gasteiger partial charge < -0.3 is 4.74 Å². The number of hydrogen-bond acceptors (Lipinski definition) is 3. The fraction of sp³-hybridized carbons (Fsp3) is 0.636. The summed E-state index contributed by atoms with van der Waals surface area (Å²) in [4.78, 5) is 0.287. The number of halogens is 3. The summed E-state index contributed by atoms with van der Waals surface area (Å²) in [5, 5.41) is 0. The quantitative estimate of drug-likeness (QED) is 0.387. The molecule has 0 radical (unpaired) electrons. The van der Waals surface area contributed by atoms with Crippen molar-refractivity contribution in [2.45, 2.75) is 67.9 Å². The van der Waals surface area contributed by atoms with Crippen molar-refractivity contribution < 1.29 is 13.2 Å². The van der Waals surface area contributed by atoms with Crippen LogP contribution in [-0.2, 0) is 14.8 Å². The van der Waals surface area contributed by atoms with Gasteiger partial charge in [0, 0.05) is 19.0 Å². The van der Waals surface area contributed by atoms with Crippen molar-refractivity contribution in [3.63, 3.8) is 0 Å². The highest BCUT2D eigenvalue weighted by molar-refractivity contribution is 7.89. The average molecular weight is 495 g/mol. The van der Waals surface area contributed by atoms with E-state index in [1.165, 1.54) is 9.88 Å². The zero-order chi connectivity index (χ0) is 22.5. The standard InChI is InChI=1S/C22H30Cl3NO3S/c1-14(2)10-18-11-20(22(23,24)25)29-21(17(18)5)13-26(12-16(21)4)30(27,28)19-8-6-15(3)7-9-19/h6-9,14,16,20H,10-13H2,1-5H3/t16-,20+,21+/m0/s1. The largest absolute Gasteiger partial charge is 0.361 e. The Morgan fingerprint density at radius 1 is 1.20 bits per heavy atom. The molecule has 1 saturated heterocycles. The zero-order valence-corrected chi connectivity index (χ0v) is 21.2. The van der Waals surface area contributed by atoms with E-state index in [1.54, 1.807) is 12.1 Å². The van der Waals surface area contributed by atoms with Crippen molar-refractivity contribution in [3.05, 3.63) is 41.0 Å². The molecule has 3 rings (SSSR count). The van der Waals surface area contributed by atoms with Crippen LogP contribution in [0.5, 0.6) is 0 Å². The maximum Gasteiger partial charge on any atom is 0.243 e. The average Bonchev–Trinajstić information content (AvgIpc) is 2.96. The van der Waals surface area contributed by atoms with Crippen LogP contribution in [0, 0.1) is 18.8 Å². The van der Waals surface area contributed by atoms with E-state index in [4.69, 9.17) is 39.5 Å². The first kappa shape index (κ1) is 24.3. The first-order chi connectivity index (χ1) is 13.8. The SMILES string of the molecule is CC1=C(CC(C)C)C[C@H](C(Cl)(Cl)Cl)O[C@@]12CN(S(=O)(=O)c1ccc(C)cc1)C[C@@H]2C. The van der Waals surface area contributed by atoms with Gasteiger partial charge in [-0.05, 0) is 50.3 Å². The van der Waals surface area contributed by atoms with Crippen LogP contribution in [0.1, 0.15) is 46.1 Å². The summed E-state index contributed by atoms with van der Waals surface area (Å²) in [6.45, 7) is 10.9. The van der Waals surface area contributed by atoms with Gasteiger partial charge in [0.25, 0.3) is 0 Å². The molecule has 8 heteroatoms. The Balaban J connectivity index is 2.01. The van der Waals surface area contributed by atoms with Gasteiger partial charge in [-0.3, -0.25) is 0 Å². The summed E-state index contributed by atoms with van der Waals surface area (Å²) in [5.41, 5.74) is 2.50. The van der Waals surface area contributed by atoms with Gasteiger partial charge in [0.15, 0.2) is 0 Å². The molecular formula is C22H30Cl3NO3S. The molecule has 1 aromatic rings. The zero-order valence-electron chi connectivity index (χ0n) is 18.1. The second-order valence-corrected chi connectivity index (χ2v) is 13.4. The predicted molar refractivity (Wildman–Crippen MR) is 124 cm³/mol. The van der Waals surface area contributed by atoms with E-state index in [0.29, 0.717) is 18.9 Å². The molecule has 0 aromatic heterocycles. The number of aryl methyl sites for hydroxylation is 1. The lowest BCUT2D eigenvalue weighted by atomic mass is 9.77. The van der Waals surface area contributed by atoms with Gasteiger partial charge in [0.2, 0.25) is 13.8 Å². The van der Waals surface area contributed by atoms with Gasteiger partial charge in [-0.2, -0.15) is 4.31 Å². The monoisotopic (exact) mass is 493 g/mol. The minimum absolute atomic E-state index is 0.0740. The van der Waals surface area contributed by atoms with Crippen molar-refractivity contribution in [2.75, 3.05) is 13.1 Å². The topological polar surface area (TPSA) is 46.6 Å². The van der Waals surface area contributed by atoms with Crippen molar-refractivity contribution in [1.29, 1.82) is 0 Å². The highest BCUT2D eigenvalue weighted by Gasteiger charge is 2.56. The molecule has 168 valence electrons. The fourth-order valence-electron chi connectivity index (χ4n) is 4.59. The molecule has 0 unspecified atom stereocenters. The van der Waals surface area contributed by atoms with Gasteiger partial charge in [0.05, 0.1) is 4.90 Å². The van der Waals surface area contributed by atoms with Crippen LogP contribution < -0.4 is 0 Å². The van der Waals surface area contributed by atoms with E-state index < -0.39 is 25.5 Å². The minimum atomic E-state index is -3.65. The fourth-order valence-corrected chi connectivity index (χ4v) is 6.52. The summed E-state index contributed by atoms with van der Waals surface area (Å²) in [5.74, 6) is 0.361. The normalized spacial score (nSPS) is 28.7. The van der Waals surface area contributed by atoms with Gasteiger partial charge in [-0.1, -0.05) is 78.8 Å². The van der Waals surface area contributed by atoms with Crippen molar-refractivity contribution in [2.24, 2.45) is 11.8 Å². The lowest BCUT2D eigenvalue weighted by molar-refractivity contribution is -0.0908. The highest BCUT2D eigenvalue weighted by Crippen LogP contribution is 2.50. The number of ether oxygens (including phenoxy) is 1. The molecule has 1 fully saturated rings. The van der Waals surface area contributed by atoms with E-state index in [0.717, 1.165) is 17.6 Å². The molecule has 2 aliphatic rings. The number of hydrogen-bond donors (Lipinski definition) is 0. The maximum atomic E-state index is 13.3. The Bertz CT molecular complexity index is 922. The molecule has 30 heavy (non-hydrogen) atoms. The van der Waals surface area contributed by atoms with E-state index in [9.17, 15) is 8.42 Å². The van der Waals surface area contributed by atoms with Gasteiger partial charge in [-0.25, -0.2) is 8.42 Å². The smallest absolute Gasteiger partial charge is 0.243 e. The van der Waals surface area contributed by atoms with Crippen molar-refractivity contribution in [1.82, 2.24) is 4.31 Å². The van der Waals surface area contributed by atoms with E-state index in [1.807, 2.05) is 32.9 Å². The number of rotatable bonds is 4. The summed E-state index contributed by atoms with van der Waals surface area (Å²) < 4.78 is 33.1. The van der Waals surface area contributed by atoms with Gasteiger partial charge in [-0.15, -0.1) is 0 Å². The van der Waals surface area contributed by atoms with Crippen LogP contribution in [0.15, 0.2) is 40.3 Å². The lowest BCUT2D eigenvalue weighted by Crippen LogP contribution is -2.51. The summed E-state index contributed by atoms with van der Waals surface area (Å²) in [6.07, 6.45) is 0.787. The van der Waals surface area contributed by atoms with E-state index in [-0.39, 0.29) is 17.4 Å². The maximum absolute atomic E-state index is 13.3. The van der Waals surface area contributed by atoms with Crippen molar-refractivity contribution >= 4 is 44.8 Å². The van der Waals surface area contributed by atoms with Gasteiger partial charge >= 0.3 is 0 Å². The number of nitrogens with zero attached hydrogens (tertiary/aromatic N) is 1. The van der Waals surface area contributed by atoms with Crippen LogP contribution in [0.25, 0.3) is 0 Å². The Kier molecular flexibility index (Phi) is 6.95. The van der Waals surface area contributed by atoms with E-state index in [2.05, 4.69) is 13.8 Å². The molecule has 0 bridgehead atoms. The van der Waals surface area contributed by atoms with Gasteiger partial charge in [0.1, 0.15) is 11.7 Å². The van der Waals surface area contributed by atoms with Crippen molar-refractivity contribution in [3.8, 4) is 0 Å². The molecule has 4 nitrogen and oxygen atoms in total. The Morgan fingerprint density at radius 2 is 1.80 bits per heavy atom. The summed E-state index contributed by atoms with van der Waals surface area (Å²) in [6, 6.07) is 6.92. The lowest BCUT2D eigenvalue weighted by Gasteiger charge is -2.45. The first-order valence-corrected chi connectivity index (χ1v) is 12.8. The number of alkyl halides is 3. The molecule has 1 spiro atoms. The Labute approximate surface area is 195 Å². The van der Waals surface area contributed by atoms with Crippen LogP contribution >= 0.6 is 34.8 Å². The second kappa shape index (κ2) is 8.57.